The third-order valence-electron chi connectivity index (χ3n) is 13.6. The fraction of sp³-hybridized carbons (Fsp3) is 0.644. The van der Waals surface area contributed by atoms with Gasteiger partial charge < -0.3 is 18.9 Å². The Morgan fingerprint density at radius 3 is 2.14 bits per heavy atom. The third kappa shape index (κ3) is 7.81. The van der Waals surface area contributed by atoms with Crippen molar-refractivity contribution in [3.8, 4) is 0 Å². The zero-order valence-corrected chi connectivity index (χ0v) is 32.1. The molecule has 4 aliphatic rings. The number of allylic oxidation sites excluding steroid dienone is 3. The lowest BCUT2D eigenvalue weighted by molar-refractivity contribution is -0.264. The van der Waals surface area contributed by atoms with Crippen LogP contribution in [0, 0.1) is 34.5 Å². The van der Waals surface area contributed by atoms with E-state index in [1.54, 1.807) is 12.5 Å². The molecule has 0 aromatic heterocycles. The number of fused-ring (bicyclic) bond motifs is 5. The number of hydrogen-bond donors (Lipinski definition) is 0. The van der Waals surface area contributed by atoms with Crippen LogP contribution in [-0.4, -0.2) is 36.6 Å². The van der Waals surface area contributed by atoms with Gasteiger partial charge in [-0.1, -0.05) is 105 Å². The van der Waals surface area contributed by atoms with Gasteiger partial charge >= 0.3 is 0 Å². The Balaban J connectivity index is 1.18. The molecule has 51 heavy (non-hydrogen) atoms. The maximum Gasteiger partial charge on any atom is 0.276 e. The highest BCUT2D eigenvalue weighted by Gasteiger charge is 2.60. The summed E-state index contributed by atoms with van der Waals surface area (Å²) < 4.78 is 56.0. The van der Waals surface area contributed by atoms with Crippen molar-refractivity contribution in [3.63, 3.8) is 0 Å². The standard InChI is InChI=1S/C45H62F2O4/c1-8-48-32(3)51-42(4,5)45(46,47)26-23-31(2)38-21-22-39-37-20-19-35-27-36(49-29-33-15-11-9-12-16-33)28-41(50-30-34-17-13-10-14-18-34)44(35,7)40(37)24-25-43(38,39)6/h9-20,31-32,36,38-41H,8,21-30H2,1-7H3/t31-,32?,36-,38-,39+,40+,41+,43-,44+/m1/s1. The summed E-state index contributed by atoms with van der Waals surface area (Å²) in [6.07, 6.45) is 10.9. The SMILES string of the molecule is CCOC(C)OC(C)(C)C(F)(F)CC[C@@H](C)[C@H]1CC[C@H]2C3=CC=C4C[C@@H](OCc5ccccc5)C[C@H](OCc5ccccc5)[C@]4(C)[C@H]3CC[C@]12C. The van der Waals surface area contributed by atoms with Gasteiger partial charge in [0.15, 0.2) is 6.29 Å². The van der Waals surface area contributed by atoms with Crippen LogP contribution in [0.2, 0.25) is 0 Å². The summed E-state index contributed by atoms with van der Waals surface area (Å²) in [6, 6.07) is 21.0. The van der Waals surface area contributed by atoms with Crippen molar-refractivity contribution in [2.75, 3.05) is 6.61 Å². The molecule has 9 atom stereocenters. The molecule has 2 aromatic rings. The first-order chi connectivity index (χ1) is 24.3. The van der Waals surface area contributed by atoms with Gasteiger partial charge in [0.25, 0.3) is 5.92 Å². The van der Waals surface area contributed by atoms with E-state index in [-0.39, 0.29) is 35.4 Å². The molecule has 280 valence electrons. The first-order valence-electron chi connectivity index (χ1n) is 19.7. The molecule has 0 spiro atoms. The van der Waals surface area contributed by atoms with Gasteiger partial charge in [0.1, 0.15) is 5.60 Å². The highest BCUT2D eigenvalue weighted by Crippen LogP contribution is 2.66. The topological polar surface area (TPSA) is 36.9 Å². The van der Waals surface area contributed by atoms with E-state index in [0.717, 1.165) is 38.5 Å². The second-order valence-electron chi connectivity index (χ2n) is 17.0. The van der Waals surface area contributed by atoms with Gasteiger partial charge in [-0.3, -0.25) is 0 Å². The molecule has 0 saturated heterocycles. The second-order valence-corrected chi connectivity index (χ2v) is 17.0. The largest absolute Gasteiger partial charge is 0.373 e. The van der Waals surface area contributed by atoms with Crippen LogP contribution in [0.25, 0.3) is 0 Å². The Morgan fingerprint density at radius 1 is 0.843 bits per heavy atom. The molecule has 2 aromatic carbocycles. The van der Waals surface area contributed by atoms with E-state index in [1.165, 1.54) is 30.5 Å². The van der Waals surface area contributed by atoms with Crippen molar-refractivity contribution in [2.45, 2.75) is 143 Å². The molecule has 0 bridgehead atoms. The molecule has 6 heteroatoms. The molecule has 3 fully saturated rings. The highest BCUT2D eigenvalue weighted by atomic mass is 19.3. The van der Waals surface area contributed by atoms with E-state index in [2.05, 4.69) is 87.5 Å². The Labute approximate surface area is 306 Å². The van der Waals surface area contributed by atoms with Crippen molar-refractivity contribution in [1.82, 2.24) is 0 Å². The minimum atomic E-state index is -2.96. The van der Waals surface area contributed by atoms with Crippen LogP contribution in [0.15, 0.2) is 84.0 Å². The van der Waals surface area contributed by atoms with E-state index >= 15 is 8.78 Å². The van der Waals surface area contributed by atoms with Gasteiger partial charge in [-0.25, -0.2) is 8.78 Å². The molecule has 4 aliphatic carbocycles. The molecule has 3 saturated carbocycles. The molecular weight excluding hydrogens is 642 g/mol. The molecule has 0 amide bonds. The van der Waals surface area contributed by atoms with Crippen molar-refractivity contribution < 1.29 is 27.7 Å². The van der Waals surface area contributed by atoms with Gasteiger partial charge in [0, 0.05) is 24.9 Å². The number of rotatable bonds is 15. The van der Waals surface area contributed by atoms with Crippen molar-refractivity contribution in [3.05, 3.63) is 95.1 Å². The number of halogens is 2. The minimum absolute atomic E-state index is 0.0332. The fourth-order valence-corrected chi connectivity index (χ4v) is 10.6. The fourth-order valence-electron chi connectivity index (χ4n) is 10.6. The van der Waals surface area contributed by atoms with E-state index in [4.69, 9.17) is 18.9 Å². The van der Waals surface area contributed by atoms with Gasteiger partial charge in [0.05, 0.1) is 25.4 Å². The first-order valence-corrected chi connectivity index (χ1v) is 19.7. The van der Waals surface area contributed by atoms with Crippen molar-refractivity contribution >= 4 is 0 Å². The summed E-state index contributed by atoms with van der Waals surface area (Å²) in [4.78, 5) is 0. The van der Waals surface area contributed by atoms with Crippen LogP contribution < -0.4 is 0 Å². The number of ether oxygens (including phenoxy) is 4. The number of hydrogen-bond acceptors (Lipinski definition) is 4. The smallest absolute Gasteiger partial charge is 0.276 e. The van der Waals surface area contributed by atoms with E-state index < -0.39 is 17.8 Å². The Bertz CT molecular complexity index is 1500. The second kappa shape index (κ2) is 15.5. The molecule has 0 heterocycles. The maximum atomic E-state index is 15.7. The average molecular weight is 705 g/mol. The lowest BCUT2D eigenvalue weighted by atomic mass is 9.49. The number of benzene rings is 2. The van der Waals surface area contributed by atoms with E-state index in [0.29, 0.717) is 44.0 Å². The Kier molecular flexibility index (Phi) is 11.7. The molecule has 6 rings (SSSR count). The first kappa shape index (κ1) is 38.3. The Hall–Kier alpha value is -2.38. The molecular formula is C45H62F2O4. The summed E-state index contributed by atoms with van der Waals surface area (Å²) >= 11 is 0. The summed E-state index contributed by atoms with van der Waals surface area (Å²) in [5, 5.41) is 0. The summed E-state index contributed by atoms with van der Waals surface area (Å²) in [7, 11) is 0. The lowest BCUT2D eigenvalue weighted by Gasteiger charge is -2.57. The van der Waals surface area contributed by atoms with E-state index in [9.17, 15) is 0 Å². The van der Waals surface area contributed by atoms with Crippen LogP contribution in [-0.2, 0) is 32.2 Å². The van der Waals surface area contributed by atoms with Crippen molar-refractivity contribution in [1.29, 1.82) is 0 Å². The summed E-state index contributed by atoms with van der Waals surface area (Å²) in [6.45, 7) is 15.3. The van der Waals surface area contributed by atoms with Crippen LogP contribution in [0.5, 0.6) is 0 Å². The quantitative estimate of drug-likeness (QED) is 0.173. The van der Waals surface area contributed by atoms with Crippen molar-refractivity contribution in [2.24, 2.45) is 34.5 Å². The summed E-state index contributed by atoms with van der Waals surface area (Å²) in [5.41, 5.74) is 3.81. The molecule has 4 nitrogen and oxygen atoms in total. The zero-order chi connectivity index (χ0) is 36.4. The van der Waals surface area contributed by atoms with Crippen LogP contribution in [0.3, 0.4) is 0 Å². The van der Waals surface area contributed by atoms with Gasteiger partial charge in [-0.2, -0.15) is 0 Å². The monoisotopic (exact) mass is 704 g/mol. The predicted molar refractivity (Wildman–Crippen MR) is 200 cm³/mol. The van der Waals surface area contributed by atoms with Gasteiger partial charge in [0.2, 0.25) is 0 Å². The van der Waals surface area contributed by atoms with Gasteiger partial charge in [-0.05, 0) is 106 Å². The lowest BCUT2D eigenvalue weighted by Crippen LogP contribution is -2.53. The van der Waals surface area contributed by atoms with Crippen LogP contribution >= 0.6 is 0 Å². The Morgan fingerprint density at radius 2 is 1.49 bits per heavy atom. The number of alkyl halides is 2. The molecule has 0 aliphatic heterocycles. The minimum Gasteiger partial charge on any atom is -0.373 e. The third-order valence-corrected chi connectivity index (χ3v) is 13.6. The highest BCUT2D eigenvalue weighted by molar-refractivity contribution is 5.40. The normalized spacial score (nSPS) is 31.9. The summed E-state index contributed by atoms with van der Waals surface area (Å²) in [5.74, 6) is -1.46. The van der Waals surface area contributed by atoms with Gasteiger partial charge in [-0.15, -0.1) is 0 Å². The average Bonchev–Trinajstić information content (AvgIpc) is 3.47. The van der Waals surface area contributed by atoms with Crippen LogP contribution in [0.4, 0.5) is 8.78 Å². The predicted octanol–water partition coefficient (Wildman–Crippen LogP) is 11.5. The molecule has 1 unspecified atom stereocenters. The molecule has 0 radical (unpaired) electrons. The van der Waals surface area contributed by atoms with E-state index in [1.807, 2.05) is 13.0 Å². The maximum absolute atomic E-state index is 15.7. The van der Waals surface area contributed by atoms with Crippen LogP contribution in [0.1, 0.15) is 111 Å². The molecule has 0 N–H and O–H groups in total. The zero-order valence-electron chi connectivity index (χ0n) is 32.1.